The summed E-state index contributed by atoms with van der Waals surface area (Å²) in [6.45, 7) is 1.32. The zero-order valence-electron chi connectivity index (χ0n) is 12.0. The summed E-state index contributed by atoms with van der Waals surface area (Å²) in [5, 5.41) is 26.8. The standard InChI is InChI=1S/C13H14N4O6/c18-12(8-1-3-14-4-2-8)15-13(19)9-5-10(16(20)21)7-11(6-9)17(22)23/h5-8,14H,1-4H2,(H,15,18,19). The van der Waals surface area contributed by atoms with Gasteiger partial charge in [-0.15, -0.1) is 0 Å². The van der Waals surface area contributed by atoms with E-state index in [1.54, 1.807) is 0 Å². The summed E-state index contributed by atoms with van der Waals surface area (Å²) in [5.41, 5.74) is -1.47. The first kappa shape index (κ1) is 16.5. The number of benzene rings is 1. The van der Waals surface area contributed by atoms with E-state index < -0.39 is 33.0 Å². The molecule has 23 heavy (non-hydrogen) atoms. The van der Waals surface area contributed by atoms with Crippen LogP contribution < -0.4 is 10.6 Å². The van der Waals surface area contributed by atoms with Crippen LogP contribution in [0.4, 0.5) is 11.4 Å². The Morgan fingerprint density at radius 3 is 2.04 bits per heavy atom. The number of nitrogens with zero attached hydrogens (tertiary/aromatic N) is 2. The third kappa shape index (κ3) is 4.07. The smallest absolute Gasteiger partial charge is 0.277 e. The number of nitrogens with one attached hydrogen (secondary N) is 2. The van der Waals surface area contributed by atoms with Gasteiger partial charge in [-0.25, -0.2) is 0 Å². The maximum absolute atomic E-state index is 12.1. The average Bonchev–Trinajstić information content (AvgIpc) is 2.55. The van der Waals surface area contributed by atoms with Crippen LogP contribution in [-0.2, 0) is 4.79 Å². The Kier molecular flexibility index (Phi) is 4.96. The zero-order valence-corrected chi connectivity index (χ0v) is 12.0. The van der Waals surface area contributed by atoms with Crippen LogP contribution in [0.15, 0.2) is 18.2 Å². The van der Waals surface area contributed by atoms with E-state index in [4.69, 9.17) is 0 Å². The van der Waals surface area contributed by atoms with Gasteiger partial charge < -0.3 is 5.32 Å². The molecule has 0 unspecified atom stereocenters. The summed E-state index contributed by atoms with van der Waals surface area (Å²) in [7, 11) is 0. The molecule has 2 amide bonds. The third-order valence-corrected chi connectivity index (χ3v) is 3.53. The molecule has 1 fully saturated rings. The largest absolute Gasteiger partial charge is 0.317 e. The van der Waals surface area contributed by atoms with Gasteiger partial charge in [-0.3, -0.25) is 35.1 Å². The molecule has 0 atom stereocenters. The molecule has 2 rings (SSSR count). The zero-order chi connectivity index (χ0) is 17.0. The monoisotopic (exact) mass is 322 g/mol. The van der Waals surface area contributed by atoms with Gasteiger partial charge in [0.15, 0.2) is 0 Å². The minimum atomic E-state index is -0.889. The third-order valence-electron chi connectivity index (χ3n) is 3.53. The Bertz CT molecular complexity index is 636. The number of non-ortho nitro benzene ring substituents is 2. The molecule has 2 N–H and O–H groups in total. The minimum absolute atomic E-state index is 0.298. The van der Waals surface area contributed by atoms with Gasteiger partial charge >= 0.3 is 0 Å². The first-order chi connectivity index (χ1) is 10.9. The Balaban J connectivity index is 2.19. The fourth-order valence-electron chi connectivity index (χ4n) is 2.31. The lowest BCUT2D eigenvalue weighted by Gasteiger charge is -2.21. The molecule has 0 bridgehead atoms. The lowest BCUT2D eigenvalue weighted by molar-refractivity contribution is -0.394. The topological polar surface area (TPSA) is 144 Å². The fourth-order valence-corrected chi connectivity index (χ4v) is 2.31. The number of carbonyl (C=O) groups is 2. The van der Waals surface area contributed by atoms with Crippen molar-refractivity contribution in [2.24, 2.45) is 5.92 Å². The molecule has 1 aromatic carbocycles. The van der Waals surface area contributed by atoms with Gasteiger partial charge in [-0.05, 0) is 25.9 Å². The summed E-state index contributed by atoms with van der Waals surface area (Å²) >= 11 is 0. The number of piperidine rings is 1. The van der Waals surface area contributed by atoms with E-state index in [1.165, 1.54) is 0 Å². The molecule has 1 aromatic rings. The van der Waals surface area contributed by atoms with Crippen molar-refractivity contribution in [3.05, 3.63) is 44.0 Å². The first-order valence-corrected chi connectivity index (χ1v) is 6.88. The quantitative estimate of drug-likeness (QED) is 0.473. The predicted molar refractivity (Wildman–Crippen MR) is 77.8 cm³/mol. The molecule has 122 valence electrons. The number of rotatable bonds is 4. The Morgan fingerprint density at radius 2 is 1.57 bits per heavy atom. The van der Waals surface area contributed by atoms with Crippen molar-refractivity contribution in [3.8, 4) is 0 Å². The molecule has 1 aliphatic heterocycles. The molecule has 1 saturated heterocycles. The predicted octanol–water partition coefficient (Wildman–Crippen LogP) is 0.759. The van der Waals surface area contributed by atoms with E-state index in [0.717, 1.165) is 18.2 Å². The lowest BCUT2D eigenvalue weighted by Crippen LogP contribution is -2.40. The molecular formula is C13H14N4O6. The molecule has 0 aliphatic carbocycles. The molecule has 10 nitrogen and oxygen atoms in total. The normalized spacial score (nSPS) is 15.0. The SMILES string of the molecule is O=C(NC(=O)C1CCNCC1)c1cc([N+](=O)[O-])cc([N+](=O)[O-])c1. The second-order valence-corrected chi connectivity index (χ2v) is 5.09. The van der Waals surface area contributed by atoms with E-state index in [2.05, 4.69) is 10.6 Å². The molecule has 10 heteroatoms. The molecule has 0 spiro atoms. The van der Waals surface area contributed by atoms with Crippen molar-refractivity contribution in [2.45, 2.75) is 12.8 Å². The second-order valence-electron chi connectivity index (χ2n) is 5.09. The van der Waals surface area contributed by atoms with Crippen LogP contribution in [0.2, 0.25) is 0 Å². The molecule has 0 saturated carbocycles. The summed E-state index contributed by atoms with van der Waals surface area (Å²) < 4.78 is 0. The first-order valence-electron chi connectivity index (χ1n) is 6.88. The van der Waals surface area contributed by atoms with Gasteiger partial charge in [-0.1, -0.05) is 0 Å². The molecule has 1 aliphatic rings. The molecule has 1 heterocycles. The van der Waals surface area contributed by atoms with Crippen molar-refractivity contribution in [1.82, 2.24) is 10.6 Å². The molecular weight excluding hydrogens is 308 g/mol. The van der Waals surface area contributed by atoms with Gasteiger partial charge in [0.1, 0.15) is 0 Å². The maximum atomic E-state index is 12.1. The van der Waals surface area contributed by atoms with E-state index in [-0.39, 0.29) is 11.5 Å². The summed E-state index contributed by atoms with van der Waals surface area (Å²) in [5.74, 6) is -1.69. The molecule has 0 aromatic heterocycles. The van der Waals surface area contributed by atoms with Crippen molar-refractivity contribution < 1.29 is 19.4 Å². The maximum Gasteiger partial charge on any atom is 0.277 e. The van der Waals surface area contributed by atoms with E-state index in [0.29, 0.717) is 25.9 Å². The van der Waals surface area contributed by atoms with E-state index in [9.17, 15) is 29.8 Å². The van der Waals surface area contributed by atoms with Gasteiger partial charge in [-0.2, -0.15) is 0 Å². The summed E-state index contributed by atoms with van der Waals surface area (Å²) in [6.07, 6.45) is 1.16. The lowest BCUT2D eigenvalue weighted by atomic mass is 9.97. The second kappa shape index (κ2) is 6.92. The number of hydrogen-bond donors (Lipinski definition) is 2. The van der Waals surface area contributed by atoms with Crippen molar-refractivity contribution in [1.29, 1.82) is 0 Å². The van der Waals surface area contributed by atoms with Crippen molar-refractivity contribution >= 4 is 23.2 Å². The fraction of sp³-hybridized carbons (Fsp3) is 0.385. The number of amides is 2. The van der Waals surface area contributed by atoms with Gasteiger partial charge in [0.25, 0.3) is 17.3 Å². The number of imide groups is 1. The highest BCUT2D eigenvalue weighted by Gasteiger charge is 2.25. The van der Waals surface area contributed by atoms with Gasteiger partial charge in [0.05, 0.1) is 21.5 Å². The van der Waals surface area contributed by atoms with Crippen LogP contribution in [0.1, 0.15) is 23.2 Å². The van der Waals surface area contributed by atoms with Crippen LogP contribution in [0, 0.1) is 26.1 Å². The summed E-state index contributed by atoms with van der Waals surface area (Å²) in [6, 6.07) is 2.56. The highest BCUT2D eigenvalue weighted by molar-refractivity contribution is 6.05. The average molecular weight is 322 g/mol. The number of nitro groups is 2. The van der Waals surface area contributed by atoms with Crippen molar-refractivity contribution in [2.75, 3.05) is 13.1 Å². The van der Waals surface area contributed by atoms with Gasteiger partial charge in [0.2, 0.25) is 5.91 Å². The number of nitro benzene ring substituents is 2. The van der Waals surface area contributed by atoms with Crippen LogP contribution in [-0.4, -0.2) is 34.8 Å². The van der Waals surface area contributed by atoms with Crippen LogP contribution in [0.25, 0.3) is 0 Å². The Labute approximate surface area is 130 Å². The van der Waals surface area contributed by atoms with Crippen molar-refractivity contribution in [3.63, 3.8) is 0 Å². The van der Waals surface area contributed by atoms with E-state index >= 15 is 0 Å². The Morgan fingerprint density at radius 1 is 1.04 bits per heavy atom. The molecule has 0 radical (unpaired) electrons. The highest BCUT2D eigenvalue weighted by Crippen LogP contribution is 2.23. The van der Waals surface area contributed by atoms with Gasteiger partial charge in [0, 0.05) is 18.1 Å². The summed E-state index contributed by atoms with van der Waals surface area (Å²) in [4.78, 5) is 44.0. The minimum Gasteiger partial charge on any atom is -0.317 e. The number of carbonyl (C=O) groups excluding carboxylic acids is 2. The van der Waals surface area contributed by atoms with Crippen LogP contribution >= 0.6 is 0 Å². The Hall–Kier alpha value is -2.88. The highest BCUT2D eigenvalue weighted by atomic mass is 16.6. The van der Waals surface area contributed by atoms with Crippen LogP contribution in [0.3, 0.4) is 0 Å². The van der Waals surface area contributed by atoms with E-state index in [1.807, 2.05) is 0 Å². The number of hydrogen-bond acceptors (Lipinski definition) is 7. The van der Waals surface area contributed by atoms with Crippen LogP contribution in [0.5, 0.6) is 0 Å².